The maximum atomic E-state index is 5.30. The van der Waals surface area contributed by atoms with Gasteiger partial charge < -0.3 is 10.1 Å². The first kappa shape index (κ1) is 15.6. The Morgan fingerprint density at radius 2 is 1.71 bits per heavy atom. The Bertz CT molecular complexity index is 606. The van der Waals surface area contributed by atoms with Crippen LogP contribution < -0.4 is 10.1 Å². The molecule has 2 rings (SSSR count). The smallest absolute Gasteiger partial charge is 0.119 e. The van der Waals surface area contributed by atoms with Crippen LogP contribution in [-0.2, 0) is 0 Å². The maximum Gasteiger partial charge on any atom is 0.119 e. The zero-order valence-electron chi connectivity index (χ0n) is 13.6. The second kappa shape index (κ2) is 6.77. The third-order valence-corrected chi connectivity index (χ3v) is 4.00. The van der Waals surface area contributed by atoms with Crippen molar-refractivity contribution in [1.82, 2.24) is 5.32 Å². The van der Waals surface area contributed by atoms with Crippen molar-refractivity contribution in [2.24, 2.45) is 0 Å². The van der Waals surface area contributed by atoms with Gasteiger partial charge in [0, 0.05) is 12.1 Å². The third-order valence-electron chi connectivity index (χ3n) is 4.00. The van der Waals surface area contributed by atoms with Gasteiger partial charge in [-0.25, -0.2) is 0 Å². The molecule has 0 spiro atoms. The van der Waals surface area contributed by atoms with Crippen molar-refractivity contribution < 1.29 is 4.74 Å². The molecule has 1 N–H and O–H groups in total. The molecule has 2 aromatic rings. The van der Waals surface area contributed by atoms with Gasteiger partial charge in [0.05, 0.1) is 7.11 Å². The van der Waals surface area contributed by atoms with Crippen molar-refractivity contribution >= 4 is 0 Å². The molecule has 2 atom stereocenters. The normalized spacial score (nSPS) is 13.8. The van der Waals surface area contributed by atoms with Gasteiger partial charge in [-0.3, -0.25) is 0 Å². The first-order chi connectivity index (χ1) is 10.0. The summed E-state index contributed by atoms with van der Waals surface area (Å²) in [6.45, 7) is 8.72. The van der Waals surface area contributed by atoms with Crippen LogP contribution in [0.2, 0.25) is 0 Å². The lowest BCUT2D eigenvalue weighted by atomic mass is 9.98. The molecule has 0 radical (unpaired) electrons. The monoisotopic (exact) mass is 283 g/mol. The molecule has 2 aromatic carbocycles. The Morgan fingerprint density at radius 3 is 2.43 bits per heavy atom. The highest BCUT2D eigenvalue weighted by atomic mass is 16.5. The van der Waals surface area contributed by atoms with E-state index in [1.54, 1.807) is 7.11 Å². The average Bonchev–Trinajstić information content (AvgIpc) is 2.49. The fourth-order valence-corrected chi connectivity index (χ4v) is 2.70. The number of methoxy groups -OCH3 is 1. The Labute approximate surface area is 128 Å². The zero-order valence-corrected chi connectivity index (χ0v) is 13.6. The van der Waals surface area contributed by atoms with E-state index in [4.69, 9.17) is 4.74 Å². The summed E-state index contributed by atoms with van der Waals surface area (Å²) in [5.74, 6) is 0.903. The van der Waals surface area contributed by atoms with E-state index in [0.29, 0.717) is 6.04 Å². The first-order valence-corrected chi connectivity index (χ1v) is 7.48. The van der Waals surface area contributed by atoms with Crippen LogP contribution in [0.5, 0.6) is 5.75 Å². The second-order valence-corrected chi connectivity index (χ2v) is 5.75. The summed E-state index contributed by atoms with van der Waals surface area (Å²) in [7, 11) is 1.70. The molecular formula is C19H25NO. The zero-order chi connectivity index (χ0) is 15.4. The molecule has 0 saturated heterocycles. The van der Waals surface area contributed by atoms with Crippen molar-refractivity contribution in [3.8, 4) is 5.75 Å². The molecule has 0 amide bonds. The SMILES string of the molecule is COc1cccc([C@@H](C)NC(C)c2cc(C)ccc2C)c1. The van der Waals surface area contributed by atoms with Gasteiger partial charge in [-0.2, -0.15) is 0 Å². The van der Waals surface area contributed by atoms with Crippen molar-refractivity contribution in [3.63, 3.8) is 0 Å². The van der Waals surface area contributed by atoms with E-state index in [1.807, 2.05) is 12.1 Å². The van der Waals surface area contributed by atoms with E-state index in [-0.39, 0.29) is 6.04 Å². The average molecular weight is 283 g/mol. The summed E-state index contributed by atoms with van der Waals surface area (Å²) in [5.41, 5.74) is 5.24. The van der Waals surface area contributed by atoms with Crippen LogP contribution >= 0.6 is 0 Å². The third kappa shape index (κ3) is 3.85. The van der Waals surface area contributed by atoms with Crippen molar-refractivity contribution in [3.05, 3.63) is 64.7 Å². The van der Waals surface area contributed by atoms with Gasteiger partial charge in [0.1, 0.15) is 5.75 Å². The predicted molar refractivity (Wildman–Crippen MR) is 88.9 cm³/mol. The fourth-order valence-electron chi connectivity index (χ4n) is 2.70. The molecule has 0 aliphatic carbocycles. The highest BCUT2D eigenvalue weighted by molar-refractivity contribution is 5.34. The summed E-state index contributed by atoms with van der Waals surface area (Å²) in [6.07, 6.45) is 0. The lowest BCUT2D eigenvalue weighted by Crippen LogP contribution is -2.23. The highest BCUT2D eigenvalue weighted by Crippen LogP contribution is 2.24. The molecule has 0 aliphatic rings. The van der Waals surface area contributed by atoms with Gasteiger partial charge in [0.2, 0.25) is 0 Å². The minimum Gasteiger partial charge on any atom is -0.497 e. The number of hydrogen-bond donors (Lipinski definition) is 1. The largest absolute Gasteiger partial charge is 0.497 e. The molecule has 0 aliphatic heterocycles. The number of benzene rings is 2. The van der Waals surface area contributed by atoms with Crippen molar-refractivity contribution in [1.29, 1.82) is 0 Å². The van der Waals surface area contributed by atoms with E-state index in [0.717, 1.165) is 5.75 Å². The van der Waals surface area contributed by atoms with Crippen LogP contribution in [-0.4, -0.2) is 7.11 Å². The van der Waals surface area contributed by atoms with Crippen molar-refractivity contribution in [2.45, 2.75) is 39.8 Å². The van der Waals surface area contributed by atoms with Crippen LogP contribution in [0.4, 0.5) is 0 Å². The number of nitrogens with one attached hydrogen (secondary N) is 1. The quantitative estimate of drug-likeness (QED) is 0.857. The molecule has 0 heterocycles. The van der Waals surface area contributed by atoms with Crippen LogP contribution in [0.1, 0.15) is 48.2 Å². The first-order valence-electron chi connectivity index (χ1n) is 7.48. The van der Waals surface area contributed by atoms with Crippen LogP contribution in [0.25, 0.3) is 0 Å². The van der Waals surface area contributed by atoms with E-state index < -0.39 is 0 Å². The summed E-state index contributed by atoms with van der Waals surface area (Å²) in [5, 5.41) is 3.68. The summed E-state index contributed by atoms with van der Waals surface area (Å²) < 4.78 is 5.30. The molecule has 2 nitrogen and oxygen atoms in total. The van der Waals surface area contributed by atoms with Gasteiger partial charge in [-0.15, -0.1) is 0 Å². The van der Waals surface area contributed by atoms with Gasteiger partial charge >= 0.3 is 0 Å². The van der Waals surface area contributed by atoms with Crippen molar-refractivity contribution in [2.75, 3.05) is 7.11 Å². The number of rotatable bonds is 5. The highest BCUT2D eigenvalue weighted by Gasteiger charge is 2.13. The van der Waals surface area contributed by atoms with Gasteiger partial charge in [-0.1, -0.05) is 35.9 Å². The molecule has 0 saturated carbocycles. The van der Waals surface area contributed by atoms with E-state index >= 15 is 0 Å². The fraction of sp³-hybridized carbons (Fsp3) is 0.368. The lowest BCUT2D eigenvalue weighted by molar-refractivity contribution is 0.412. The van der Waals surface area contributed by atoms with Crippen LogP contribution in [0.3, 0.4) is 0 Å². The minimum atomic E-state index is 0.273. The van der Waals surface area contributed by atoms with E-state index in [1.165, 1.54) is 22.3 Å². The molecule has 0 fully saturated rings. The molecule has 1 unspecified atom stereocenters. The molecule has 0 bridgehead atoms. The topological polar surface area (TPSA) is 21.3 Å². The van der Waals surface area contributed by atoms with Gasteiger partial charge in [-0.05, 0) is 56.5 Å². The Hall–Kier alpha value is -1.80. The minimum absolute atomic E-state index is 0.273. The molecule has 2 heteroatoms. The molecule has 21 heavy (non-hydrogen) atoms. The Kier molecular flexibility index (Phi) is 5.03. The second-order valence-electron chi connectivity index (χ2n) is 5.75. The standard InChI is InChI=1S/C19H25NO/c1-13-9-10-14(2)19(11-13)16(4)20-15(3)17-7-6-8-18(12-17)21-5/h6-12,15-16,20H,1-5H3/t15-,16?/m1/s1. The van der Waals surface area contributed by atoms with E-state index in [2.05, 4.69) is 63.3 Å². The number of ether oxygens (including phenoxy) is 1. The molecule has 112 valence electrons. The van der Waals surface area contributed by atoms with E-state index in [9.17, 15) is 0 Å². The summed E-state index contributed by atoms with van der Waals surface area (Å²) in [4.78, 5) is 0. The summed E-state index contributed by atoms with van der Waals surface area (Å²) >= 11 is 0. The van der Waals surface area contributed by atoms with Gasteiger partial charge in [0.15, 0.2) is 0 Å². The lowest BCUT2D eigenvalue weighted by Gasteiger charge is -2.23. The Morgan fingerprint density at radius 1 is 0.952 bits per heavy atom. The van der Waals surface area contributed by atoms with Crippen LogP contribution in [0.15, 0.2) is 42.5 Å². The maximum absolute atomic E-state index is 5.30. The van der Waals surface area contributed by atoms with Crippen LogP contribution in [0, 0.1) is 13.8 Å². The predicted octanol–water partition coefficient (Wildman–Crippen LogP) is 4.72. The van der Waals surface area contributed by atoms with Gasteiger partial charge in [0.25, 0.3) is 0 Å². The molecule has 0 aromatic heterocycles. The Balaban J connectivity index is 2.14. The summed E-state index contributed by atoms with van der Waals surface area (Å²) in [6, 6.07) is 15.4. The number of hydrogen-bond acceptors (Lipinski definition) is 2. The number of aryl methyl sites for hydroxylation is 2. The molecular weight excluding hydrogens is 258 g/mol.